The van der Waals surface area contributed by atoms with Crippen LogP contribution in [0.3, 0.4) is 0 Å². The number of rotatable bonds is 5. The minimum atomic E-state index is -2.59. The van der Waals surface area contributed by atoms with E-state index in [0.717, 1.165) is 0 Å². The fraction of sp³-hybridized carbons (Fsp3) is 0.818. The van der Waals surface area contributed by atoms with Gasteiger partial charge in [0.25, 0.3) is 0 Å². The van der Waals surface area contributed by atoms with E-state index in [1.807, 2.05) is 6.07 Å². The van der Waals surface area contributed by atoms with Gasteiger partial charge in [0.15, 0.2) is 5.78 Å². The van der Waals surface area contributed by atoms with Gasteiger partial charge in [-0.25, -0.2) is 8.78 Å². The molecule has 1 fully saturated rings. The molecule has 0 aromatic rings. The minimum Gasteiger partial charge on any atom is -0.321 e. The maximum Gasteiger partial charge on any atom is 0.243 e. The summed E-state index contributed by atoms with van der Waals surface area (Å²) in [6.07, 6.45) is -1.37. The summed E-state index contributed by atoms with van der Waals surface area (Å²) in [7, 11) is 0. The van der Waals surface area contributed by atoms with Gasteiger partial charge in [-0.15, -0.1) is 0 Å². The van der Waals surface area contributed by atoms with Crippen LogP contribution in [-0.2, 0) is 4.79 Å². The third-order valence-electron chi connectivity index (χ3n) is 3.23. The number of nitrogens with one attached hydrogen (secondary N) is 1. The molecule has 0 aromatic carbocycles. The molecule has 0 aromatic heterocycles. The van der Waals surface area contributed by atoms with Gasteiger partial charge in [-0.05, 0) is 19.3 Å². The maximum absolute atomic E-state index is 12.6. The van der Waals surface area contributed by atoms with Crippen LogP contribution in [0.25, 0.3) is 0 Å². The van der Waals surface area contributed by atoms with Gasteiger partial charge in [0.2, 0.25) is 6.43 Å². The van der Waals surface area contributed by atoms with Crippen molar-refractivity contribution in [2.75, 3.05) is 0 Å². The van der Waals surface area contributed by atoms with E-state index in [4.69, 9.17) is 11.0 Å². The van der Waals surface area contributed by atoms with Crippen molar-refractivity contribution in [3.63, 3.8) is 0 Å². The summed E-state index contributed by atoms with van der Waals surface area (Å²) in [4.78, 5) is 11.9. The van der Waals surface area contributed by atoms with Crippen LogP contribution in [0.2, 0.25) is 0 Å². The van der Waals surface area contributed by atoms with Crippen LogP contribution in [0.15, 0.2) is 0 Å². The Kier molecular flexibility index (Phi) is 4.97. The second-order valence-electron chi connectivity index (χ2n) is 4.31. The maximum atomic E-state index is 12.6. The lowest BCUT2D eigenvalue weighted by molar-refractivity contribution is -0.124. The normalized spacial score (nSPS) is 27.8. The van der Waals surface area contributed by atoms with Crippen molar-refractivity contribution in [2.45, 2.75) is 50.7 Å². The molecule has 0 spiro atoms. The Morgan fingerprint density at radius 1 is 1.59 bits per heavy atom. The first-order valence-corrected chi connectivity index (χ1v) is 5.74. The van der Waals surface area contributed by atoms with E-state index in [-0.39, 0.29) is 12.5 Å². The highest BCUT2D eigenvalue weighted by Gasteiger charge is 2.37. The van der Waals surface area contributed by atoms with Crippen molar-refractivity contribution < 1.29 is 13.6 Å². The highest BCUT2D eigenvalue weighted by atomic mass is 19.3. The molecule has 3 N–H and O–H groups in total. The molecule has 0 amide bonds. The first-order chi connectivity index (χ1) is 8.01. The molecule has 0 bridgehead atoms. The average molecular weight is 245 g/mol. The number of hydrogen-bond donors (Lipinski definition) is 2. The molecular weight excluding hydrogens is 228 g/mol. The molecule has 4 atom stereocenters. The quantitative estimate of drug-likeness (QED) is 0.751. The molecule has 1 saturated heterocycles. The van der Waals surface area contributed by atoms with E-state index >= 15 is 0 Å². The number of carbonyl (C=O) groups excluding carboxylic acids is 1. The molecule has 96 valence electrons. The summed E-state index contributed by atoms with van der Waals surface area (Å²) in [6, 6.07) is -0.0818. The van der Waals surface area contributed by atoms with E-state index in [9.17, 15) is 13.6 Å². The van der Waals surface area contributed by atoms with E-state index < -0.39 is 30.2 Å². The van der Waals surface area contributed by atoms with Gasteiger partial charge in [0, 0.05) is 5.92 Å². The van der Waals surface area contributed by atoms with Gasteiger partial charge >= 0.3 is 0 Å². The number of nitrogens with zero attached hydrogens (tertiary/aromatic N) is 1. The zero-order valence-electron chi connectivity index (χ0n) is 9.70. The first kappa shape index (κ1) is 14.0. The average Bonchev–Trinajstić information content (AvgIpc) is 2.76. The van der Waals surface area contributed by atoms with Gasteiger partial charge in [-0.2, -0.15) is 5.26 Å². The number of halogens is 2. The Morgan fingerprint density at radius 2 is 2.24 bits per heavy atom. The Bertz CT molecular complexity index is 316. The minimum absolute atomic E-state index is 0.166. The number of nitrogens with two attached hydrogens (primary N) is 1. The van der Waals surface area contributed by atoms with Crippen molar-refractivity contribution >= 4 is 5.78 Å². The smallest absolute Gasteiger partial charge is 0.243 e. The van der Waals surface area contributed by atoms with Gasteiger partial charge in [-0.3, -0.25) is 10.1 Å². The largest absolute Gasteiger partial charge is 0.321 e. The summed E-state index contributed by atoms with van der Waals surface area (Å²) in [5, 5.41) is 11.5. The molecule has 0 saturated carbocycles. The topological polar surface area (TPSA) is 78.9 Å². The molecule has 17 heavy (non-hydrogen) atoms. The SMILES string of the molecule is CCC(C(F)F)[C@H](N)C(=O)[C@@H]1CC[C@@H](C#N)N1. The lowest BCUT2D eigenvalue weighted by Gasteiger charge is -2.23. The van der Waals surface area contributed by atoms with Crippen LogP contribution >= 0.6 is 0 Å². The fourth-order valence-electron chi connectivity index (χ4n) is 2.10. The van der Waals surface area contributed by atoms with Crippen LogP contribution in [0, 0.1) is 17.2 Å². The molecular formula is C11H17F2N3O. The summed E-state index contributed by atoms with van der Waals surface area (Å²) < 4.78 is 25.3. The lowest BCUT2D eigenvalue weighted by Crippen LogP contribution is -2.49. The number of alkyl halides is 2. The molecule has 0 aliphatic carbocycles. The zero-order chi connectivity index (χ0) is 13.0. The van der Waals surface area contributed by atoms with Crippen molar-refractivity contribution in [3.8, 4) is 6.07 Å². The Balaban J connectivity index is 2.61. The number of ketones is 1. The number of carbonyl (C=O) groups is 1. The second-order valence-corrected chi connectivity index (χ2v) is 4.31. The van der Waals surface area contributed by atoms with Gasteiger partial charge in [-0.1, -0.05) is 6.92 Å². The summed E-state index contributed by atoms with van der Waals surface area (Å²) in [5.41, 5.74) is 5.59. The van der Waals surface area contributed by atoms with E-state index in [2.05, 4.69) is 5.32 Å². The van der Waals surface area contributed by atoms with Gasteiger partial charge in [0.1, 0.15) is 0 Å². The van der Waals surface area contributed by atoms with Crippen molar-refractivity contribution in [2.24, 2.45) is 11.7 Å². The van der Waals surface area contributed by atoms with E-state index in [0.29, 0.717) is 12.8 Å². The molecule has 1 unspecified atom stereocenters. The van der Waals surface area contributed by atoms with Crippen LogP contribution in [0.4, 0.5) is 8.78 Å². The zero-order valence-corrected chi connectivity index (χ0v) is 9.70. The first-order valence-electron chi connectivity index (χ1n) is 5.74. The highest BCUT2D eigenvalue weighted by Crippen LogP contribution is 2.21. The number of Topliss-reactive ketones (excluding diaryl/α,β-unsaturated/α-hetero) is 1. The Morgan fingerprint density at radius 3 is 2.65 bits per heavy atom. The molecule has 6 heteroatoms. The predicted octanol–water partition coefficient (Wildman–Crippen LogP) is 0.818. The molecule has 4 nitrogen and oxygen atoms in total. The molecule has 1 aliphatic heterocycles. The fourth-order valence-corrected chi connectivity index (χ4v) is 2.10. The molecule has 0 radical (unpaired) electrons. The highest BCUT2D eigenvalue weighted by molar-refractivity contribution is 5.89. The van der Waals surface area contributed by atoms with Crippen molar-refractivity contribution in [3.05, 3.63) is 0 Å². The van der Waals surface area contributed by atoms with E-state index in [1.54, 1.807) is 6.92 Å². The van der Waals surface area contributed by atoms with Crippen LogP contribution in [-0.4, -0.2) is 30.3 Å². The Labute approximate surface area is 99.2 Å². The van der Waals surface area contributed by atoms with Crippen molar-refractivity contribution in [1.82, 2.24) is 5.32 Å². The third-order valence-corrected chi connectivity index (χ3v) is 3.23. The number of hydrogen-bond acceptors (Lipinski definition) is 4. The van der Waals surface area contributed by atoms with Crippen LogP contribution < -0.4 is 11.1 Å². The standard InChI is InChI=1S/C11H17F2N3O/c1-2-7(11(12)13)9(15)10(17)8-4-3-6(5-14)16-8/h6-9,11,16H,2-4,15H2,1H3/t6-,7?,8-,9-/m0/s1. The second kappa shape index (κ2) is 6.03. The van der Waals surface area contributed by atoms with Crippen LogP contribution in [0.5, 0.6) is 0 Å². The number of nitriles is 1. The summed E-state index contributed by atoms with van der Waals surface area (Å²) in [6.45, 7) is 1.59. The predicted molar refractivity (Wildman–Crippen MR) is 58.3 cm³/mol. The summed E-state index contributed by atoms with van der Waals surface area (Å²) in [5.74, 6) is -1.51. The molecule has 1 heterocycles. The molecule has 1 rings (SSSR count). The lowest BCUT2D eigenvalue weighted by atomic mass is 9.91. The third kappa shape index (κ3) is 3.20. The van der Waals surface area contributed by atoms with Crippen LogP contribution in [0.1, 0.15) is 26.2 Å². The van der Waals surface area contributed by atoms with E-state index in [1.165, 1.54) is 0 Å². The monoisotopic (exact) mass is 245 g/mol. The van der Waals surface area contributed by atoms with Gasteiger partial charge in [0.05, 0.1) is 24.2 Å². The summed E-state index contributed by atoms with van der Waals surface area (Å²) >= 11 is 0. The molecule has 1 aliphatic rings. The van der Waals surface area contributed by atoms with Crippen molar-refractivity contribution in [1.29, 1.82) is 5.26 Å². The van der Waals surface area contributed by atoms with Gasteiger partial charge < -0.3 is 5.73 Å². The Hall–Kier alpha value is -1.06.